The highest BCUT2D eigenvalue weighted by molar-refractivity contribution is 6.40. The van der Waals surface area contributed by atoms with Crippen LogP contribution >= 0.6 is 0 Å². The SMILES string of the molecule is [B]C([B])(CC12CCC3CC31CC2)C(C)(C)CC. The summed E-state index contributed by atoms with van der Waals surface area (Å²) in [5, 5.41) is -0.493. The summed E-state index contributed by atoms with van der Waals surface area (Å²) in [4.78, 5) is 0. The summed E-state index contributed by atoms with van der Waals surface area (Å²) >= 11 is 0. The van der Waals surface area contributed by atoms with Crippen molar-refractivity contribution in [2.24, 2.45) is 22.2 Å². The van der Waals surface area contributed by atoms with Crippen LogP contribution in [0.4, 0.5) is 0 Å². The van der Waals surface area contributed by atoms with Crippen LogP contribution in [0.15, 0.2) is 0 Å². The lowest BCUT2D eigenvalue weighted by molar-refractivity contribution is -0.00687. The van der Waals surface area contributed by atoms with Crippen LogP contribution in [0.25, 0.3) is 0 Å². The van der Waals surface area contributed by atoms with E-state index < -0.39 is 5.21 Å². The van der Waals surface area contributed by atoms with E-state index in [2.05, 4.69) is 20.8 Å². The van der Waals surface area contributed by atoms with E-state index in [1.165, 1.54) is 32.1 Å². The van der Waals surface area contributed by atoms with Crippen molar-refractivity contribution in [3.63, 3.8) is 0 Å². The molecule has 0 bridgehead atoms. The standard InChI is InChI=1S/C15H24B2/c1-4-12(2,3)15(16,17)10-13-6-5-11-9-14(11,13)8-7-13/h11H,4-10H2,1-3H3. The Hall–Kier alpha value is 0.130. The summed E-state index contributed by atoms with van der Waals surface area (Å²) in [5.41, 5.74) is 1.29. The minimum atomic E-state index is -0.493. The summed E-state index contributed by atoms with van der Waals surface area (Å²) in [7, 11) is 13.0. The van der Waals surface area contributed by atoms with E-state index in [4.69, 9.17) is 15.7 Å². The quantitative estimate of drug-likeness (QED) is 0.638. The van der Waals surface area contributed by atoms with E-state index >= 15 is 0 Å². The van der Waals surface area contributed by atoms with Crippen LogP contribution in [0.1, 0.15) is 65.7 Å². The Morgan fingerprint density at radius 2 is 1.88 bits per heavy atom. The molecule has 0 heterocycles. The van der Waals surface area contributed by atoms with Gasteiger partial charge in [0.2, 0.25) is 0 Å². The van der Waals surface area contributed by atoms with Crippen molar-refractivity contribution in [2.75, 3.05) is 0 Å². The molecule has 0 N–H and O–H groups in total. The fourth-order valence-corrected chi connectivity index (χ4v) is 4.82. The molecule has 3 rings (SSSR count). The monoisotopic (exact) mass is 226 g/mol. The molecule has 0 amide bonds. The zero-order chi connectivity index (χ0) is 12.5. The van der Waals surface area contributed by atoms with E-state index in [1.807, 2.05) is 0 Å². The highest BCUT2D eigenvalue weighted by atomic mass is 14.8. The van der Waals surface area contributed by atoms with Crippen LogP contribution in [0, 0.1) is 22.2 Å². The van der Waals surface area contributed by atoms with Crippen LogP contribution in [-0.4, -0.2) is 15.7 Å². The zero-order valence-electron chi connectivity index (χ0n) is 11.7. The molecule has 3 saturated carbocycles. The van der Waals surface area contributed by atoms with Gasteiger partial charge in [0.05, 0.1) is 15.7 Å². The molecule has 0 aliphatic heterocycles. The van der Waals surface area contributed by atoms with Gasteiger partial charge in [-0.1, -0.05) is 38.8 Å². The second-order valence-electron chi connectivity index (χ2n) is 7.83. The molecule has 90 valence electrons. The van der Waals surface area contributed by atoms with Crippen LogP contribution in [0.5, 0.6) is 0 Å². The average molecular weight is 226 g/mol. The lowest BCUT2D eigenvalue weighted by Crippen LogP contribution is -2.46. The van der Waals surface area contributed by atoms with Crippen molar-refractivity contribution < 1.29 is 0 Å². The van der Waals surface area contributed by atoms with Gasteiger partial charge in [-0.3, -0.25) is 0 Å². The summed E-state index contributed by atoms with van der Waals surface area (Å²) < 4.78 is 0. The molecular weight excluding hydrogens is 202 g/mol. The second-order valence-corrected chi connectivity index (χ2v) is 7.83. The van der Waals surface area contributed by atoms with Gasteiger partial charge >= 0.3 is 0 Å². The Labute approximate surface area is 109 Å². The molecule has 0 aromatic heterocycles. The Kier molecular flexibility index (Phi) is 2.27. The molecule has 1 spiro atoms. The van der Waals surface area contributed by atoms with E-state index in [9.17, 15) is 0 Å². The third kappa shape index (κ3) is 1.33. The molecule has 0 aromatic carbocycles. The average Bonchev–Trinajstić information content (AvgIpc) is 2.95. The third-order valence-electron chi connectivity index (χ3n) is 7.08. The second kappa shape index (κ2) is 3.17. The summed E-state index contributed by atoms with van der Waals surface area (Å²) in [6.07, 6.45) is 9.29. The van der Waals surface area contributed by atoms with Crippen molar-refractivity contribution in [3.05, 3.63) is 0 Å². The first-order chi connectivity index (χ1) is 7.79. The van der Waals surface area contributed by atoms with Crippen LogP contribution in [0.2, 0.25) is 5.21 Å². The van der Waals surface area contributed by atoms with Gasteiger partial charge in [-0.25, -0.2) is 0 Å². The molecule has 3 unspecified atom stereocenters. The number of hydrogen-bond donors (Lipinski definition) is 0. The van der Waals surface area contributed by atoms with Gasteiger partial charge in [0.25, 0.3) is 0 Å². The minimum absolute atomic E-state index is 0.0471. The molecule has 0 saturated heterocycles. The fraction of sp³-hybridized carbons (Fsp3) is 1.00. The normalized spacial score (nSPS) is 43.8. The summed E-state index contributed by atoms with van der Waals surface area (Å²) in [6.45, 7) is 6.67. The molecule has 2 heteroatoms. The van der Waals surface area contributed by atoms with Crippen molar-refractivity contribution >= 4 is 15.7 Å². The van der Waals surface area contributed by atoms with Gasteiger partial charge in [0.1, 0.15) is 0 Å². The minimum Gasteiger partial charge on any atom is -0.0935 e. The van der Waals surface area contributed by atoms with Crippen molar-refractivity contribution in [1.29, 1.82) is 0 Å². The predicted molar refractivity (Wildman–Crippen MR) is 74.3 cm³/mol. The molecular formula is C15H24B2. The van der Waals surface area contributed by atoms with Crippen LogP contribution in [-0.2, 0) is 0 Å². The van der Waals surface area contributed by atoms with E-state index in [-0.39, 0.29) is 5.41 Å². The molecule has 17 heavy (non-hydrogen) atoms. The van der Waals surface area contributed by atoms with Gasteiger partial charge in [-0.15, -0.1) is 0 Å². The highest BCUT2D eigenvalue weighted by Gasteiger charge is 2.75. The smallest absolute Gasteiger partial charge is 0.0628 e. The van der Waals surface area contributed by atoms with Crippen molar-refractivity contribution in [2.45, 2.75) is 70.9 Å². The largest absolute Gasteiger partial charge is 0.0935 e. The molecule has 3 aliphatic rings. The molecule has 0 nitrogen and oxygen atoms in total. The maximum absolute atomic E-state index is 6.52. The van der Waals surface area contributed by atoms with E-state index in [0.29, 0.717) is 10.8 Å². The van der Waals surface area contributed by atoms with Gasteiger partial charge in [0.15, 0.2) is 0 Å². The molecule has 3 fully saturated rings. The van der Waals surface area contributed by atoms with Crippen LogP contribution < -0.4 is 0 Å². The lowest BCUT2D eigenvalue weighted by atomic mass is 9.36. The molecule has 3 atom stereocenters. The molecule has 4 radical (unpaired) electrons. The summed E-state index contributed by atoms with van der Waals surface area (Å²) in [6, 6.07) is 0. The highest BCUT2D eigenvalue weighted by Crippen LogP contribution is 2.84. The Bertz CT molecular complexity index is 341. The van der Waals surface area contributed by atoms with Gasteiger partial charge < -0.3 is 0 Å². The Morgan fingerprint density at radius 3 is 2.29 bits per heavy atom. The maximum Gasteiger partial charge on any atom is 0.0628 e. The third-order valence-corrected chi connectivity index (χ3v) is 7.08. The number of rotatable bonds is 4. The predicted octanol–water partition coefficient (Wildman–Crippen LogP) is 3.85. The first kappa shape index (κ1) is 12.2. The molecule has 3 aliphatic carbocycles. The molecule has 0 aromatic rings. The first-order valence-electron chi connectivity index (χ1n) is 7.36. The van der Waals surface area contributed by atoms with Crippen molar-refractivity contribution in [3.8, 4) is 0 Å². The topological polar surface area (TPSA) is 0 Å². The number of hydrogen-bond acceptors (Lipinski definition) is 0. The Balaban J connectivity index is 1.80. The van der Waals surface area contributed by atoms with Crippen molar-refractivity contribution in [1.82, 2.24) is 0 Å². The van der Waals surface area contributed by atoms with Gasteiger partial charge in [0, 0.05) is 0 Å². The fourth-order valence-electron chi connectivity index (χ4n) is 4.82. The van der Waals surface area contributed by atoms with E-state index in [1.54, 1.807) is 0 Å². The zero-order valence-corrected chi connectivity index (χ0v) is 11.7. The lowest BCUT2D eigenvalue weighted by Gasteiger charge is -2.56. The first-order valence-corrected chi connectivity index (χ1v) is 7.36. The van der Waals surface area contributed by atoms with E-state index in [0.717, 1.165) is 18.8 Å². The Morgan fingerprint density at radius 1 is 1.18 bits per heavy atom. The maximum atomic E-state index is 6.52. The van der Waals surface area contributed by atoms with Crippen LogP contribution in [0.3, 0.4) is 0 Å². The summed E-state index contributed by atoms with van der Waals surface area (Å²) in [5.74, 6) is 1.04. The van der Waals surface area contributed by atoms with Gasteiger partial charge in [-0.05, 0) is 54.3 Å². The van der Waals surface area contributed by atoms with Gasteiger partial charge in [-0.2, -0.15) is 0 Å².